The summed E-state index contributed by atoms with van der Waals surface area (Å²) in [5.74, 6) is 2.35. The normalized spacial score (nSPS) is 14.8. The Kier molecular flexibility index (Phi) is 4.58. The number of nitrogens with two attached hydrogens (primary N) is 1. The molecule has 1 aliphatic rings. The van der Waals surface area contributed by atoms with E-state index in [-0.39, 0.29) is 6.04 Å². The van der Waals surface area contributed by atoms with Crippen LogP contribution in [0.4, 0.5) is 0 Å². The van der Waals surface area contributed by atoms with Gasteiger partial charge in [-0.2, -0.15) is 0 Å². The van der Waals surface area contributed by atoms with E-state index in [1.54, 1.807) is 11.8 Å². The van der Waals surface area contributed by atoms with E-state index in [1.807, 2.05) is 42.5 Å². The first-order chi connectivity index (χ1) is 10.2. The Balaban J connectivity index is 1.66. The van der Waals surface area contributed by atoms with Gasteiger partial charge in [0.15, 0.2) is 11.5 Å². The van der Waals surface area contributed by atoms with Gasteiger partial charge in [0.2, 0.25) is 0 Å². The fraction of sp³-hybridized carbons (Fsp3) is 0.250. The zero-order chi connectivity index (χ0) is 14.7. The summed E-state index contributed by atoms with van der Waals surface area (Å²) in [5.41, 5.74) is 7.31. The van der Waals surface area contributed by atoms with Crippen molar-refractivity contribution in [2.45, 2.75) is 10.9 Å². The second kappa shape index (κ2) is 6.60. The van der Waals surface area contributed by atoms with Crippen LogP contribution in [0.1, 0.15) is 11.6 Å². The number of ether oxygens (including phenoxy) is 2. The Morgan fingerprint density at radius 1 is 1.10 bits per heavy atom. The van der Waals surface area contributed by atoms with E-state index in [0.29, 0.717) is 13.2 Å². The van der Waals surface area contributed by atoms with Crippen molar-refractivity contribution in [3.05, 3.63) is 53.1 Å². The summed E-state index contributed by atoms with van der Waals surface area (Å²) in [6.45, 7) is 1.19. The first-order valence-corrected chi connectivity index (χ1v) is 8.12. The molecule has 0 radical (unpaired) electrons. The minimum Gasteiger partial charge on any atom is -0.486 e. The Hall–Kier alpha value is -1.36. The minimum atomic E-state index is -0.0650. The second-order valence-corrected chi connectivity index (χ2v) is 6.31. The van der Waals surface area contributed by atoms with E-state index in [4.69, 9.17) is 26.8 Å². The standard InChI is InChI=1S/C16H16ClNO2S/c17-12-2-1-3-13(9-12)21-10-14(18)11-4-5-15-16(8-11)20-7-6-19-15/h1-5,8-9,14H,6-7,10,18H2. The van der Waals surface area contributed by atoms with Crippen molar-refractivity contribution in [3.63, 3.8) is 0 Å². The molecule has 3 nitrogen and oxygen atoms in total. The average Bonchev–Trinajstić information content (AvgIpc) is 2.52. The first-order valence-electron chi connectivity index (χ1n) is 6.76. The topological polar surface area (TPSA) is 44.5 Å². The molecule has 0 aliphatic carbocycles. The molecule has 1 heterocycles. The molecule has 0 amide bonds. The van der Waals surface area contributed by atoms with Gasteiger partial charge in [-0.1, -0.05) is 23.7 Å². The molecule has 5 heteroatoms. The minimum absolute atomic E-state index is 0.0650. The van der Waals surface area contributed by atoms with Crippen LogP contribution in [0.5, 0.6) is 11.5 Å². The Bertz CT molecular complexity index is 635. The summed E-state index contributed by atoms with van der Waals surface area (Å²) in [6.07, 6.45) is 0. The van der Waals surface area contributed by atoms with E-state index in [0.717, 1.165) is 32.7 Å². The van der Waals surface area contributed by atoms with Crippen LogP contribution in [0.15, 0.2) is 47.4 Å². The van der Waals surface area contributed by atoms with Crippen LogP contribution in [0.3, 0.4) is 0 Å². The lowest BCUT2D eigenvalue weighted by Crippen LogP contribution is -2.17. The first kappa shape index (κ1) is 14.6. The highest BCUT2D eigenvalue weighted by Gasteiger charge is 2.15. The molecular formula is C16H16ClNO2S. The highest BCUT2D eigenvalue weighted by atomic mass is 35.5. The molecule has 0 fully saturated rings. The van der Waals surface area contributed by atoms with Crippen molar-refractivity contribution in [2.24, 2.45) is 5.73 Å². The lowest BCUT2D eigenvalue weighted by Gasteiger charge is -2.20. The van der Waals surface area contributed by atoms with E-state index < -0.39 is 0 Å². The Labute approximate surface area is 133 Å². The molecule has 2 aromatic carbocycles. The van der Waals surface area contributed by atoms with E-state index in [9.17, 15) is 0 Å². The molecule has 1 atom stereocenters. The van der Waals surface area contributed by atoms with Crippen molar-refractivity contribution < 1.29 is 9.47 Å². The van der Waals surface area contributed by atoms with Crippen molar-refractivity contribution in [1.29, 1.82) is 0 Å². The highest BCUT2D eigenvalue weighted by molar-refractivity contribution is 7.99. The van der Waals surface area contributed by atoms with Gasteiger partial charge in [-0.05, 0) is 35.9 Å². The predicted octanol–water partition coefficient (Wildman–Crippen LogP) is 3.90. The zero-order valence-electron chi connectivity index (χ0n) is 11.4. The molecule has 0 saturated carbocycles. The maximum absolute atomic E-state index is 6.26. The second-order valence-electron chi connectivity index (χ2n) is 4.78. The van der Waals surface area contributed by atoms with Gasteiger partial charge in [0, 0.05) is 21.7 Å². The van der Waals surface area contributed by atoms with Gasteiger partial charge in [0.25, 0.3) is 0 Å². The number of halogens is 1. The van der Waals surface area contributed by atoms with Gasteiger partial charge >= 0.3 is 0 Å². The van der Waals surface area contributed by atoms with Crippen LogP contribution in [0.25, 0.3) is 0 Å². The molecule has 1 unspecified atom stereocenters. The number of fused-ring (bicyclic) bond motifs is 1. The summed E-state index contributed by atoms with van der Waals surface area (Å²) in [7, 11) is 0. The van der Waals surface area contributed by atoms with Crippen LogP contribution in [0, 0.1) is 0 Å². The summed E-state index contributed by atoms with van der Waals surface area (Å²) in [5, 5.41) is 0.743. The molecular weight excluding hydrogens is 306 g/mol. The maximum atomic E-state index is 6.26. The number of rotatable bonds is 4. The van der Waals surface area contributed by atoms with Crippen LogP contribution >= 0.6 is 23.4 Å². The molecule has 2 aromatic rings. The number of hydrogen-bond acceptors (Lipinski definition) is 4. The highest BCUT2D eigenvalue weighted by Crippen LogP contribution is 2.33. The molecule has 0 spiro atoms. The number of thioether (sulfide) groups is 1. The largest absolute Gasteiger partial charge is 0.486 e. The fourth-order valence-electron chi connectivity index (χ4n) is 2.13. The van der Waals surface area contributed by atoms with Gasteiger partial charge in [-0.15, -0.1) is 11.8 Å². The Morgan fingerprint density at radius 2 is 1.90 bits per heavy atom. The molecule has 0 bridgehead atoms. The van der Waals surface area contributed by atoms with E-state index in [1.165, 1.54) is 0 Å². The van der Waals surface area contributed by atoms with E-state index >= 15 is 0 Å². The zero-order valence-corrected chi connectivity index (χ0v) is 13.0. The maximum Gasteiger partial charge on any atom is 0.161 e. The van der Waals surface area contributed by atoms with Crippen molar-refractivity contribution in [3.8, 4) is 11.5 Å². The molecule has 0 aromatic heterocycles. The van der Waals surface area contributed by atoms with E-state index in [2.05, 4.69) is 0 Å². The third-order valence-corrected chi connectivity index (χ3v) is 4.57. The van der Waals surface area contributed by atoms with Crippen LogP contribution < -0.4 is 15.2 Å². The number of hydrogen-bond donors (Lipinski definition) is 1. The van der Waals surface area contributed by atoms with Crippen molar-refractivity contribution in [2.75, 3.05) is 19.0 Å². The summed E-state index contributed by atoms with van der Waals surface area (Å²) >= 11 is 7.67. The average molecular weight is 322 g/mol. The molecule has 110 valence electrons. The third kappa shape index (κ3) is 3.64. The van der Waals surface area contributed by atoms with Gasteiger partial charge < -0.3 is 15.2 Å². The summed E-state index contributed by atoms with van der Waals surface area (Å²) < 4.78 is 11.1. The molecule has 2 N–H and O–H groups in total. The quantitative estimate of drug-likeness (QED) is 0.867. The summed E-state index contributed by atoms with van der Waals surface area (Å²) in [6, 6.07) is 13.6. The van der Waals surface area contributed by atoms with Crippen LogP contribution in [-0.4, -0.2) is 19.0 Å². The monoisotopic (exact) mass is 321 g/mol. The van der Waals surface area contributed by atoms with Crippen molar-refractivity contribution in [1.82, 2.24) is 0 Å². The molecule has 0 saturated heterocycles. The summed E-state index contributed by atoms with van der Waals surface area (Å²) in [4.78, 5) is 1.12. The molecule has 3 rings (SSSR count). The van der Waals surface area contributed by atoms with Gasteiger partial charge in [-0.25, -0.2) is 0 Å². The lowest BCUT2D eigenvalue weighted by molar-refractivity contribution is 0.171. The SMILES string of the molecule is NC(CSc1cccc(Cl)c1)c1ccc2c(c1)OCCO2. The fourth-order valence-corrected chi connectivity index (χ4v) is 3.33. The molecule has 21 heavy (non-hydrogen) atoms. The molecule has 1 aliphatic heterocycles. The predicted molar refractivity (Wildman–Crippen MR) is 86.5 cm³/mol. The lowest BCUT2D eigenvalue weighted by atomic mass is 10.1. The van der Waals surface area contributed by atoms with Gasteiger partial charge in [0.1, 0.15) is 13.2 Å². The van der Waals surface area contributed by atoms with Gasteiger partial charge in [-0.3, -0.25) is 0 Å². The number of benzene rings is 2. The van der Waals surface area contributed by atoms with Gasteiger partial charge in [0.05, 0.1) is 0 Å². The smallest absolute Gasteiger partial charge is 0.161 e. The third-order valence-electron chi connectivity index (χ3n) is 3.22. The van der Waals surface area contributed by atoms with Crippen LogP contribution in [0.2, 0.25) is 5.02 Å². The Morgan fingerprint density at radius 3 is 2.71 bits per heavy atom. The van der Waals surface area contributed by atoms with Crippen LogP contribution in [-0.2, 0) is 0 Å². The van der Waals surface area contributed by atoms with Crippen molar-refractivity contribution >= 4 is 23.4 Å².